The number of aromatic amines is 1. The van der Waals surface area contributed by atoms with E-state index in [0.29, 0.717) is 37.2 Å². The summed E-state index contributed by atoms with van der Waals surface area (Å²) in [6.45, 7) is 4.07. The number of carbonyl (C=O) groups is 2. The molecule has 0 aliphatic heterocycles. The monoisotopic (exact) mass is 306 g/mol. The highest BCUT2D eigenvalue weighted by Gasteiger charge is 2.30. The minimum atomic E-state index is -0.813. The molecule has 2 atom stereocenters. The molecule has 120 valence electrons. The minimum Gasteiger partial charge on any atom is -0.481 e. The van der Waals surface area contributed by atoms with Crippen LogP contribution >= 0.6 is 0 Å². The summed E-state index contributed by atoms with van der Waals surface area (Å²) < 4.78 is 0. The molecule has 1 aliphatic rings. The van der Waals surface area contributed by atoms with Crippen molar-refractivity contribution in [3.05, 3.63) is 33.7 Å². The molecule has 0 aromatic carbocycles. The maximum Gasteiger partial charge on any atom is 0.306 e. The fourth-order valence-corrected chi connectivity index (χ4v) is 2.89. The molecule has 0 radical (unpaired) electrons. The number of aromatic nitrogens is 1. The predicted octanol–water partition coefficient (Wildman–Crippen LogP) is 1.56. The van der Waals surface area contributed by atoms with E-state index in [2.05, 4.69) is 10.3 Å². The second kappa shape index (κ2) is 6.77. The highest BCUT2D eigenvalue weighted by Crippen LogP contribution is 2.25. The van der Waals surface area contributed by atoms with E-state index >= 15 is 0 Å². The zero-order valence-corrected chi connectivity index (χ0v) is 12.9. The largest absolute Gasteiger partial charge is 0.481 e. The minimum absolute atomic E-state index is 0.138. The highest BCUT2D eigenvalue weighted by atomic mass is 16.4. The van der Waals surface area contributed by atoms with Crippen LogP contribution in [0.25, 0.3) is 0 Å². The van der Waals surface area contributed by atoms with Crippen molar-refractivity contribution in [2.75, 3.05) is 0 Å². The van der Waals surface area contributed by atoms with E-state index < -0.39 is 5.97 Å². The zero-order chi connectivity index (χ0) is 16.3. The third-order valence-electron chi connectivity index (χ3n) is 3.91. The Morgan fingerprint density at radius 2 is 2.09 bits per heavy atom. The van der Waals surface area contributed by atoms with Crippen LogP contribution in [0.4, 0.5) is 0 Å². The van der Waals surface area contributed by atoms with Gasteiger partial charge in [0.2, 0.25) is 5.56 Å². The Balaban J connectivity index is 2.05. The van der Waals surface area contributed by atoms with E-state index in [-0.39, 0.29) is 23.4 Å². The molecule has 2 rings (SSSR count). The van der Waals surface area contributed by atoms with Crippen molar-refractivity contribution < 1.29 is 14.7 Å². The molecule has 0 bridgehead atoms. The molecule has 0 saturated heterocycles. The van der Waals surface area contributed by atoms with Crippen molar-refractivity contribution >= 4 is 11.9 Å². The van der Waals surface area contributed by atoms with Gasteiger partial charge in [-0.05, 0) is 37.7 Å². The lowest BCUT2D eigenvalue weighted by Gasteiger charge is -2.13. The maximum atomic E-state index is 12.3. The molecule has 1 aromatic heterocycles. The molecular weight excluding hydrogens is 284 g/mol. The summed E-state index contributed by atoms with van der Waals surface area (Å²) in [4.78, 5) is 37.6. The van der Waals surface area contributed by atoms with Gasteiger partial charge in [0.25, 0.3) is 5.91 Å². The van der Waals surface area contributed by atoms with Gasteiger partial charge >= 0.3 is 5.97 Å². The number of aliphatic carboxylic acids is 1. The summed E-state index contributed by atoms with van der Waals surface area (Å²) in [5.74, 6) is -1.14. The van der Waals surface area contributed by atoms with Crippen molar-refractivity contribution in [1.29, 1.82) is 0 Å². The van der Waals surface area contributed by atoms with Gasteiger partial charge in [-0.3, -0.25) is 14.4 Å². The number of hydrogen-bond donors (Lipinski definition) is 3. The molecule has 0 spiro atoms. The Morgan fingerprint density at radius 1 is 1.36 bits per heavy atom. The predicted molar refractivity (Wildman–Crippen MR) is 81.8 cm³/mol. The number of hydrogen-bond acceptors (Lipinski definition) is 3. The van der Waals surface area contributed by atoms with E-state index in [1.54, 1.807) is 6.07 Å². The fraction of sp³-hybridized carbons (Fsp3) is 0.562. The summed E-state index contributed by atoms with van der Waals surface area (Å²) >= 11 is 0. The van der Waals surface area contributed by atoms with Crippen molar-refractivity contribution in [2.24, 2.45) is 11.8 Å². The van der Waals surface area contributed by atoms with Crippen LogP contribution < -0.4 is 10.9 Å². The van der Waals surface area contributed by atoms with Gasteiger partial charge in [-0.1, -0.05) is 13.8 Å². The van der Waals surface area contributed by atoms with Gasteiger partial charge in [0.1, 0.15) is 0 Å². The fourth-order valence-electron chi connectivity index (χ4n) is 2.89. The van der Waals surface area contributed by atoms with E-state index in [1.165, 1.54) is 6.07 Å². The number of amides is 1. The molecular formula is C16H22N2O4. The first-order chi connectivity index (χ1) is 10.3. The van der Waals surface area contributed by atoms with Gasteiger partial charge in [-0.2, -0.15) is 0 Å². The van der Waals surface area contributed by atoms with Crippen molar-refractivity contribution in [3.63, 3.8) is 0 Å². The molecule has 1 fully saturated rings. The number of nitrogens with one attached hydrogen (secondary N) is 2. The van der Waals surface area contributed by atoms with E-state index in [0.717, 1.165) is 5.69 Å². The van der Waals surface area contributed by atoms with Crippen LogP contribution in [0.5, 0.6) is 0 Å². The first kappa shape index (κ1) is 16.3. The molecule has 22 heavy (non-hydrogen) atoms. The van der Waals surface area contributed by atoms with Gasteiger partial charge in [-0.15, -0.1) is 0 Å². The summed E-state index contributed by atoms with van der Waals surface area (Å²) in [7, 11) is 0. The molecule has 6 nitrogen and oxygen atoms in total. The van der Waals surface area contributed by atoms with E-state index in [1.807, 2.05) is 13.8 Å². The Kier molecular flexibility index (Phi) is 5.00. The number of H-pyrrole nitrogens is 1. The lowest BCUT2D eigenvalue weighted by molar-refractivity contribution is -0.141. The average molecular weight is 306 g/mol. The van der Waals surface area contributed by atoms with Crippen LogP contribution in [0.2, 0.25) is 0 Å². The standard InChI is InChI=1S/C16H22N2O4/c1-9(2)5-13-7-11(8-14(19)17-13)15(20)18-12-4-3-10(6-12)16(21)22/h7-10,12H,3-6H2,1-2H3,(H,17,19)(H,18,20)(H,21,22)/t10-,12+/m0/s1. The molecule has 1 heterocycles. The summed E-state index contributed by atoms with van der Waals surface area (Å²) in [6, 6.07) is 2.84. The van der Waals surface area contributed by atoms with Gasteiger partial charge in [0.15, 0.2) is 0 Å². The number of carboxylic acids is 1. The molecule has 3 N–H and O–H groups in total. The summed E-state index contributed by atoms with van der Waals surface area (Å²) in [6.07, 6.45) is 2.38. The quantitative estimate of drug-likeness (QED) is 0.768. The number of carboxylic acid groups (broad SMARTS) is 1. The molecule has 0 unspecified atom stereocenters. The lowest BCUT2D eigenvalue weighted by Crippen LogP contribution is -2.34. The lowest BCUT2D eigenvalue weighted by atomic mass is 10.1. The number of pyridine rings is 1. The third-order valence-corrected chi connectivity index (χ3v) is 3.91. The Hall–Kier alpha value is -2.11. The second-order valence-electron chi connectivity index (χ2n) is 6.38. The maximum absolute atomic E-state index is 12.3. The smallest absolute Gasteiger partial charge is 0.306 e. The van der Waals surface area contributed by atoms with Crippen LogP contribution in [0, 0.1) is 11.8 Å². The second-order valence-corrected chi connectivity index (χ2v) is 6.38. The van der Waals surface area contributed by atoms with E-state index in [4.69, 9.17) is 5.11 Å². The topological polar surface area (TPSA) is 99.3 Å². The SMILES string of the molecule is CC(C)Cc1cc(C(=O)N[C@@H]2CC[C@H](C(=O)O)C2)cc(=O)[nH]1. The normalized spacial score (nSPS) is 21.0. The molecule has 1 amide bonds. The Labute approximate surface area is 128 Å². The third kappa shape index (κ3) is 4.19. The van der Waals surface area contributed by atoms with Crippen molar-refractivity contribution in [3.8, 4) is 0 Å². The first-order valence-corrected chi connectivity index (χ1v) is 7.62. The summed E-state index contributed by atoms with van der Waals surface area (Å²) in [5, 5.41) is 11.8. The van der Waals surface area contributed by atoms with Crippen LogP contribution in [0.1, 0.15) is 49.2 Å². The van der Waals surface area contributed by atoms with Gasteiger partial charge in [-0.25, -0.2) is 0 Å². The van der Waals surface area contributed by atoms with E-state index in [9.17, 15) is 14.4 Å². The highest BCUT2D eigenvalue weighted by molar-refractivity contribution is 5.94. The van der Waals surface area contributed by atoms with Crippen molar-refractivity contribution in [1.82, 2.24) is 10.3 Å². The van der Waals surface area contributed by atoms with Gasteiger partial charge in [0.05, 0.1) is 5.92 Å². The molecule has 6 heteroatoms. The van der Waals surface area contributed by atoms with Gasteiger partial charge in [0, 0.05) is 23.4 Å². The Bertz CT molecular complexity index is 621. The average Bonchev–Trinajstić information content (AvgIpc) is 2.85. The zero-order valence-electron chi connectivity index (χ0n) is 12.9. The Morgan fingerprint density at radius 3 is 2.68 bits per heavy atom. The summed E-state index contributed by atoms with van der Waals surface area (Å²) in [5.41, 5.74) is 0.777. The molecule has 1 aliphatic carbocycles. The number of carbonyl (C=O) groups excluding carboxylic acids is 1. The van der Waals surface area contributed by atoms with Crippen LogP contribution in [-0.2, 0) is 11.2 Å². The first-order valence-electron chi connectivity index (χ1n) is 7.62. The van der Waals surface area contributed by atoms with Crippen LogP contribution in [-0.4, -0.2) is 28.0 Å². The van der Waals surface area contributed by atoms with Crippen molar-refractivity contribution in [2.45, 2.75) is 45.6 Å². The molecule has 1 saturated carbocycles. The van der Waals surface area contributed by atoms with Crippen LogP contribution in [0.3, 0.4) is 0 Å². The van der Waals surface area contributed by atoms with Crippen LogP contribution in [0.15, 0.2) is 16.9 Å². The molecule has 1 aromatic rings. The number of rotatable bonds is 5. The van der Waals surface area contributed by atoms with Gasteiger partial charge < -0.3 is 15.4 Å².